The van der Waals surface area contributed by atoms with Crippen LogP contribution in [0.3, 0.4) is 0 Å². The van der Waals surface area contributed by atoms with Gasteiger partial charge >= 0.3 is 0 Å². The SMILES string of the molecule is CCC(N)C(=O)NC(C)(CO)c1ccccc1. The fourth-order valence-corrected chi connectivity index (χ4v) is 1.56. The van der Waals surface area contributed by atoms with Crippen LogP contribution < -0.4 is 11.1 Å². The molecule has 2 atom stereocenters. The first kappa shape index (κ1) is 13.7. The molecular weight excluding hydrogens is 216 g/mol. The summed E-state index contributed by atoms with van der Waals surface area (Å²) in [5.74, 6) is -0.243. The smallest absolute Gasteiger partial charge is 0.237 e. The Bertz CT molecular complexity index is 367. The predicted molar refractivity (Wildman–Crippen MR) is 67.3 cm³/mol. The molecule has 0 spiro atoms. The molecule has 0 aromatic heterocycles. The van der Waals surface area contributed by atoms with Crippen molar-refractivity contribution in [2.45, 2.75) is 31.8 Å². The van der Waals surface area contributed by atoms with Crippen molar-refractivity contribution in [3.05, 3.63) is 35.9 Å². The molecule has 1 aromatic carbocycles. The Morgan fingerprint density at radius 3 is 2.53 bits per heavy atom. The van der Waals surface area contributed by atoms with Crippen LogP contribution in [0, 0.1) is 0 Å². The highest BCUT2D eigenvalue weighted by Crippen LogP contribution is 2.19. The zero-order chi connectivity index (χ0) is 12.9. The number of rotatable bonds is 5. The number of carbonyl (C=O) groups excluding carboxylic acids is 1. The van der Waals surface area contributed by atoms with E-state index in [0.717, 1.165) is 5.56 Å². The molecule has 0 saturated heterocycles. The van der Waals surface area contributed by atoms with Crippen molar-refractivity contribution in [1.29, 1.82) is 0 Å². The van der Waals surface area contributed by atoms with Crippen molar-refractivity contribution in [1.82, 2.24) is 5.32 Å². The Morgan fingerprint density at radius 1 is 1.47 bits per heavy atom. The molecular formula is C13H20N2O2. The zero-order valence-electron chi connectivity index (χ0n) is 10.3. The molecule has 94 valence electrons. The van der Waals surface area contributed by atoms with Crippen molar-refractivity contribution < 1.29 is 9.90 Å². The van der Waals surface area contributed by atoms with E-state index in [1.54, 1.807) is 6.92 Å². The van der Waals surface area contributed by atoms with Crippen LogP contribution in [0.1, 0.15) is 25.8 Å². The van der Waals surface area contributed by atoms with E-state index in [-0.39, 0.29) is 12.5 Å². The predicted octanol–water partition coefficient (Wildman–Crippen LogP) is 0.748. The molecule has 0 bridgehead atoms. The minimum Gasteiger partial charge on any atom is -0.394 e. The third-order valence-corrected chi connectivity index (χ3v) is 2.90. The number of aliphatic hydroxyl groups is 1. The Hall–Kier alpha value is -1.39. The Labute approximate surface area is 102 Å². The fraction of sp³-hybridized carbons (Fsp3) is 0.462. The molecule has 0 saturated carbocycles. The second kappa shape index (κ2) is 5.80. The lowest BCUT2D eigenvalue weighted by Gasteiger charge is -2.30. The van der Waals surface area contributed by atoms with E-state index >= 15 is 0 Å². The summed E-state index contributed by atoms with van der Waals surface area (Å²) in [7, 11) is 0. The van der Waals surface area contributed by atoms with Gasteiger partial charge in [-0.2, -0.15) is 0 Å². The van der Waals surface area contributed by atoms with E-state index in [2.05, 4.69) is 5.32 Å². The molecule has 1 amide bonds. The second-order valence-corrected chi connectivity index (χ2v) is 4.36. The van der Waals surface area contributed by atoms with Gasteiger partial charge in [-0.05, 0) is 18.9 Å². The normalized spacial score (nSPS) is 16.0. The van der Waals surface area contributed by atoms with Crippen molar-refractivity contribution >= 4 is 5.91 Å². The van der Waals surface area contributed by atoms with Gasteiger partial charge in [-0.1, -0.05) is 37.3 Å². The maximum absolute atomic E-state index is 11.8. The molecule has 0 aliphatic carbocycles. The number of nitrogens with one attached hydrogen (secondary N) is 1. The van der Waals surface area contributed by atoms with Gasteiger partial charge in [0.1, 0.15) is 0 Å². The molecule has 4 N–H and O–H groups in total. The van der Waals surface area contributed by atoms with Gasteiger partial charge in [-0.25, -0.2) is 0 Å². The molecule has 0 heterocycles. The van der Waals surface area contributed by atoms with Crippen LogP contribution in [0.5, 0.6) is 0 Å². The first-order valence-corrected chi connectivity index (χ1v) is 5.77. The van der Waals surface area contributed by atoms with Gasteiger partial charge in [0.05, 0.1) is 18.2 Å². The van der Waals surface area contributed by atoms with Gasteiger partial charge < -0.3 is 16.2 Å². The van der Waals surface area contributed by atoms with Gasteiger partial charge in [0.15, 0.2) is 0 Å². The monoisotopic (exact) mass is 236 g/mol. The number of amides is 1. The lowest BCUT2D eigenvalue weighted by atomic mass is 9.92. The van der Waals surface area contributed by atoms with Gasteiger partial charge in [0, 0.05) is 0 Å². The summed E-state index contributed by atoms with van der Waals surface area (Å²) >= 11 is 0. The molecule has 17 heavy (non-hydrogen) atoms. The van der Waals surface area contributed by atoms with E-state index in [4.69, 9.17) is 5.73 Å². The Balaban J connectivity index is 2.87. The van der Waals surface area contributed by atoms with Crippen LogP contribution in [0.25, 0.3) is 0 Å². The highest BCUT2D eigenvalue weighted by atomic mass is 16.3. The highest BCUT2D eigenvalue weighted by Gasteiger charge is 2.29. The van der Waals surface area contributed by atoms with Gasteiger partial charge in [-0.3, -0.25) is 4.79 Å². The van der Waals surface area contributed by atoms with E-state index in [9.17, 15) is 9.90 Å². The molecule has 1 aromatic rings. The summed E-state index contributed by atoms with van der Waals surface area (Å²) in [6, 6.07) is 8.83. The fourth-order valence-electron chi connectivity index (χ4n) is 1.56. The molecule has 2 unspecified atom stereocenters. The summed E-state index contributed by atoms with van der Waals surface area (Å²) in [4.78, 5) is 11.8. The lowest BCUT2D eigenvalue weighted by Crippen LogP contribution is -2.52. The highest BCUT2D eigenvalue weighted by molar-refractivity contribution is 5.82. The summed E-state index contributed by atoms with van der Waals surface area (Å²) in [5.41, 5.74) is 5.74. The molecule has 1 rings (SSSR count). The van der Waals surface area contributed by atoms with Crippen LogP contribution >= 0.6 is 0 Å². The third kappa shape index (κ3) is 3.28. The maximum atomic E-state index is 11.8. The maximum Gasteiger partial charge on any atom is 0.237 e. The van der Waals surface area contributed by atoms with Crippen LogP contribution in [0.2, 0.25) is 0 Å². The average molecular weight is 236 g/mol. The summed E-state index contributed by atoms with van der Waals surface area (Å²) in [6.45, 7) is 3.46. The van der Waals surface area contributed by atoms with Gasteiger partial charge in [-0.15, -0.1) is 0 Å². The largest absolute Gasteiger partial charge is 0.394 e. The van der Waals surface area contributed by atoms with Crippen LogP contribution in [-0.2, 0) is 10.3 Å². The Kier molecular flexibility index (Phi) is 4.66. The summed E-state index contributed by atoms with van der Waals surface area (Å²) < 4.78 is 0. The van der Waals surface area contributed by atoms with Gasteiger partial charge in [0.25, 0.3) is 0 Å². The van der Waals surface area contributed by atoms with E-state index in [1.807, 2.05) is 37.3 Å². The molecule has 4 nitrogen and oxygen atoms in total. The zero-order valence-corrected chi connectivity index (χ0v) is 10.3. The van der Waals surface area contributed by atoms with Crippen LogP contribution in [0.4, 0.5) is 0 Å². The standard InChI is InChI=1S/C13H20N2O2/c1-3-11(14)12(17)15-13(2,9-16)10-7-5-4-6-8-10/h4-8,11,16H,3,9,14H2,1-2H3,(H,15,17). The number of benzene rings is 1. The first-order chi connectivity index (χ1) is 8.03. The van der Waals surface area contributed by atoms with E-state index < -0.39 is 11.6 Å². The first-order valence-electron chi connectivity index (χ1n) is 5.77. The molecule has 4 heteroatoms. The number of carbonyl (C=O) groups is 1. The van der Waals surface area contributed by atoms with Gasteiger partial charge in [0.2, 0.25) is 5.91 Å². The van der Waals surface area contributed by atoms with Crippen molar-refractivity contribution in [2.24, 2.45) is 5.73 Å². The average Bonchev–Trinajstić information content (AvgIpc) is 2.38. The Morgan fingerprint density at radius 2 is 2.06 bits per heavy atom. The van der Waals surface area contributed by atoms with Crippen LogP contribution in [-0.4, -0.2) is 23.7 Å². The summed E-state index contributed by atoms with van der Waals surface area (Å²) in [5, 5.41) is 12.3. The number of aliphatic hydroxyl groups excluding tert-OH is 1. The molecule has 0 aliphatic rings. The number of hydrogen-bond donors (Lipinski definition) is 3. The number of nitrogens with two attached hydrogens (primary N) is 1. The topological polar surface area (TPSA) is 75.4 Å². The lowest BCUT2D eigenvalue weighted by molar-refractivity contribution is -0.124. The van der Waals surface area contributed by atoms with E-state index in [1.165, 1.54) is 0 Å². The van der Waals surface area contributed by atoms with E-state index in [0.29, 0.717) is 6.42 Å². The van der Waals surface area contributed by atoms with Crippen molar-refractivity contribution in [2.75, 3.05) is 6.61 Å². The minimum atomic E-state index is -0.787. The third-order valence-electron chi connectivity index (χ3n) is 2.90. The summed E-state index contributed by atoms with van der Waals surface area (Å²) in [6.07, 6.45) is 0.572. The van der Waals surface area contributed by atoms with Crippen molar-refractivity contribution in [3.63, 3.8) is 0 Å². The minimum absolute atomic E-state index is 0.167. The second-order valence-electron chi connectivity index (χ2n) is 4.36. The quantitative estimate of drug-likeness (QED) is 0.706. The molecule has 0 radical (unpaired) electrons. The number of hydrogen-bond acceptors (Lipinski definition) is 3. The molecule has 0 aliphatic heterocycles. The molecule has 0 fully saturated rings. The van der Waals surface area contributed by atoms with Crippen LogP contribution in [0.15, 0.2) is 30.3 Å². The van der Waals surface area contributed by atoms with Crippen molar-refractivity contribution in [3.8, 4) is 0 Å².